The Bertz CT molecular complexity index is 1020. The molecule has 2 aromatic rings. The first-order chi connectivity index (χ1) is 14.2. The normalized spacial score (nSPS) is 15.9. The van der Waals surface area contributed by atoms with E-state index in [0.717, 1.165) is 34.0 Å². The zero-order chi connectivity index (χ0) is 21.6. The molecule has 1 aromatic carbocycles. The van der Waals surface area contributed by atoms with Gasteiger partial charge in [-0.15, -0.1) is 0 Å². The van der Waals surface area contributed by atoms with Gasteiger partial charge in [-0.1, -0.05) is 26.8 Å². The molecule has 0 amide bonds. The van der Waals surface area contributed by atoms with Crippen LogP contribution in [0.4, 0.5) is 5.69 Å². The summed E-state index contributed by atoms with van der Waals surface area (Å²) in [6, 6.07) is 7.91. The second-order valence-corrected chi connectivity index (χ2v) is 9.25. The minimum absolute atomic E-state index is 0.0142. The van der Waals surface area contributed by atoms with E-state index in [4.69, 9.17) is 15.1 Å². The molecule has 0 atom stereocenters. The summed E-state index contributed by atoms with van der Waals surface area (Å²) in [7, 11) is 3.48. The number of ether oxygens (including phenoxy) is 1. The first-order valence-corrected chi connectivity index (χ1v) is 10.5. The number of anilines is 1. The number of methoxy groups -OCH3 is 1. The van der Waals surface area contributed by atoms with E-state index in [1.165, 1.54) is 12.8 Å². The number of benzene rings is 1. The Morgan fingerprint density at radius 2 is 2.03 bits per heavy atom. The maximum atomic E-state index is 13.2. The maximum Gasteiger partial charge on any atom is 0.182 e. The number of carbonyl (C=O) groups excluding carboxylic acids is 1. The quantitative estimate of drug-likeness (QED) is 0.698. The molecule has 1 aliphatic carbocycles. The van der Waals surface area contributed by atoms with Gasteiger partial charge in [0, 0.05) is 41.9 Å². The molecule has 6 nitrogen and oxygen atoms in total. The van der Waals surface area contributed by atoms with Gasteiger partial charge in [0.2, 0.25) is 0 Å². The number of rotatable bonds is 6. The van der Waals surface area contributed by atoms with Crippen LogP contribution in [0.1, 0.15) is 72.4 Å². The third-order valence-electron chi connectivity index (χ3n) is 5.92. The first-order valence-electron chi connectivity index (χ1n) is 10.5. The van der Waals surface area contributed by atoms with Gasteiger partial charge in [-0.3, -0.25) is 10.2 Å². The van der Waals surface area contributed by atoms with Crippen LogP contribution in [0.15, 0.2) is 24.3 Å². The number of ketones is 1. The van der Waals surface area contributed by atoms with Crippen LogP contribution in [0, 0.1) is 5.41 Å². The van der Waals surface area contributed by atoms with Crippen LogP contribution in [-0.2, 0) is 12.0 Å². The number of carbonyl (C=O) groups is 1. The van der Waals surface area contributed by atoms with Crippen molar-refractivity contribution >= 4 is 17.3 Å². The van der Waals surface area contributed by atoms with Crippen LogP contribution in [0.25, 0.3) is 0 Å². The van der Waals surface area contributed by atoms with Gasteiger partial charge in [0.25, 0.3) is 0 Å². The molecule has 158 valence electrons. The van der Waals surface area contributed by atoms with Crippen LogP contribution in [0.3, 0.4) is 0 Å². The monoisotopic (exact) mass is 406 g/mol. The van der Waals surface area contributed by atoms with E-state index in [-0.39, 0.29) is 17.7 Å². The maximum absolute atomic E-state index is 13.2. The molecular weight excluding hydrogens is 376 g/mol. The van der Waals surface area contributed by atoms with Crippen LogP contribution < -0.4 is 10.1 Å². The van der Waals surface area contributed by atoms with Crippen molar-refractivity contribution in [3.8, 4) is 5.75 Å². The summed E-state index contributed by atoms with van der Waals surface area (Å²) >= 11 is 0. The molecule has 0 radical (unpaired) electrons. The fraction of sp³-hybridized carbons (Fsp3) is 0.458. The van der Waals surface area contributed by atoms with E-state index < -0.39 is 0 Å². The third kappa shape index (κ3) is 3.66. The average Bonchev–Trinajstić information content (AvgIpc) is 3.52. The average molecular weight is 407 g/mol. The predicted octanol–water partition coefficient (Wildman–Crippen LogP) is 4.33. The molecule has 1 saturated carbocycles. The molecule has 0 saturated heterocycles. The van der Waals surface area contributed by atoms with Crippen molar-refractivity contribution in [3.63, 3.8) is 0 Å². The van der Waals surface area contributed by atoms with Crippen LogP contribution >= 0.6 is 0 Å². The van der Waals surface area contributed by atoms with Gasteiger partial charge in [0.1, 0.15) is 17.3 Å². The van der Waals surface area contributed by atoms with E-state index in [2.05, 4.69) is 38.2 Å². The van der Waals surface area contributed by atoms with Crippen molar-refractivity contribution in [1.29, 1.82) is 5.41 Å². The third-order valence-corrected chi connectivity index (χ3v) is 5.92. The molecule has 1 aromatic heterocycles. The lowest BCUT2D eigenvalue weighted by atomic mass is 9.84. The number of Topliss-reactive ketones (excluding diaryl/α,β-unsaturated/α-hetero) is 1. The predicted molar refractivity (Wildman–Crippen MR) is 119 cm³/mol. The number of pyridine rings is 1. The second-order valence-electron chi connectivity index (χ2n) is 9.25. The molecule has 0 spiro atoms. The van der Waals surface area contributed by atoms with Crippen molar-refractivity contribution in [2.45, 2.75) is 51.5 Å². The number of nitrogens with one attached hydrogen (secondary N) is 2. The topological polar surface area (TPSA) is 78.3 Å². The molecule has 30 heavy (non-hydrogen) atoms. The van der Waals surface area contributed by atoms with Crippen molar-refractivity contribution in [1.82, 2.24) is 9.88 Å². The van der Waals surface area contributed by atoms with Crippen molar-refractivity contribution in [2.24, 2.45) is 0 Å². The second kappa shape index (κ2) is 7.42. The summed E-state index contributed by atoms with van der Waals surface area (Å²) in [5.74, 6) is 1.65. The summed E-state index contributed by atoms with van der Waals surface area (Å²) in [5, 5.41) is 11.7. The molecule has 0 unspecified atom stereocenters. The van der Waals surface area contributed by atoms with Crippen LogP contribution in [0.2, 0.25) is 0 Å². The Morgan fingerprint density at radius 1 is 1.30 bits per heavy atom. The lowest BCUT2D eigenvalue weighted by Crippen LogP contribution is -2.30. The molecule has 1 aliphatic heterocycles. The largest absolute Gasteiger partial charge is 0.494 e. The Morgan fingerprint density at radius 3 is 2.63 bits per heavy atom. The highest BCUT2D eigenvalue weighted by Gasteiger charge is 2.32. The lowest BCUT2D eigenvalue weighted by Gasteiger charge is -2.25. The SMILES string of the molecule is CNc1cc(C(=O)CN2Cc3ccc(C4CC4)nc3C2=N)cc(C(C)(C)C)c1OC. The summed E-state index contributed by atoms with van der Waals surface area (Å²) in [5.41, 5.74) is 5.06. The van der Waals surface area contributed by atoms with Crippen molar-refractivity contribution < 1.29 is 9.53 Å². The van der Waals surface area contributed by atoms with Gasteiger partial charge in [0.05, 0.1) is 19.3 Å². The zero-order valence-electron chi connectivity index (χ0n) is 18.4. The molecule has 0 bridgehead atoms. The number of nitrogens with zero attached hydrogens (tertiary/aromatic N) is 2. The minimum atomic E-state index is -0.174. The summed E-state index contributed by atoms with van der Waals surface area (Å²) in [6.45, 7) is 7.03. The number of hydrogen-bond acceptors (Lipinski definition) is 5. The number of aromatic nitrogens is 1. The Kier molecular flexibility index (Phi) is 5.04. The van der Waals surface area contributed by atoms with Crippen molar-refractivity contribution in [3.05, 3.63) is 52.3 Å². The van der Waals surface area contributed by atoms with Gasteiger partial charge >= 0.3 is 0 Å². The van der Waals surface area contributed by atoms with Crippen molar-refractivity contribution in [2.75, 3.05) is 26.0 Å². The lowest BCUT2D eigenvalue weighted by molar-refractivity contribution is 0.0962. The molecule has 4 rings (SSSR count). The van der Waals surface area contributed by atoms with E-state index in [0.29, 0.717) is 23.9 Å². The minimum Gasteiger partial charge on any atom is -0.494 e. The standard InChI is InChI=1S/C24H30N4O2/c1-24(2,3)17-10-16(11-19(26-4)22(17)30-5)20(29)13-28-12-15-8-9-18(14-6-7-14)27-21(15)23(28)25/h8-11,14,25-26H,6-7,12-13H2,1-5H3. The van der Waals surface area contributed by atoms with Gasteiger partial charge in [0.15, 0.2) is 5.78 Å². The fourth-order valence-electron chi connectivity index (χ4n) is 4.03. The molecule has 2 aliphatic rings. The van der Waals surface area contributed by atoms with Gasteiger partial charge in [-0.05, 0) is 36.5 Å². The molecule has 1 fully saturated rings. The smallest absolute Gasteiger partial charge is 0.182 e. The molecular formula is C24H30N4O2. The van der Waals surface area contributed by atoms with E-state index in [9.17, 15) is 4.79 Å². The highest BCUT2D eigenvalue weighted by Crippen LogP contribution is 2.40. The van der Waals surface area contributed by atoms with Crippen LogP contribution in [0.5, 0.6) is 5.75 Å². The molecule has 2 heterocycles. The number of amidine groups is 1. The van der Waals surface area contributed by atoms with Crippen LogP contribution in [-0.4, -0.2) is 42.2 Å². The summed E-state index contributed by atoms with van der Waals surface area (Å²) in [4.78, 5) is 19.7. The highest BCUT2D eigenvalue weighted by molar-refractivity contribution is 6.05. The van der Waals surface area contributed by atoms with E-state index >= 15 is 0 Å². The first kappa shape index (κ1) is 20.4. The van der Waals surface area contributed by atoms with Gasteiger partial charge in [-0.25, -0.2) is 4.98 Å². The highest BCUT2D eigenvalue weighted by atomic mass is 16.5. The molecule has 6 heteroatoms. The van der Waals surface area contributed by atoms with Gasteiger partial charge in [-0.2, -0.15) is 0 Å². The Balaban J connectivity index is 1.59. The fourth-order valence-corrected chi connectivity index (χ4v) is 4.03. The summed E-state index contributed by atoms with van der Waals surface area (Å²) in [6.07, 6.45) is 2.37. The van der Waals surface area contributed by atoms with E-state index in [1.807, 2.05) is 24.1 Å². The summed E-state index contributed by atoms with van der Waals surface area (Å²) < 4.78 is 5.63. The number of hydrogen-bond donors (Lipinski definition) is 2. The van der Waals surface area contributed by atoms with Gasteiger partial charge < -0.3 is 15.0 Å². The zero-order valence-corrected chi connectivity index (χ0v) is 18.4. The number of fused-ring (bicyclic) bond motifs is 1. The Hall–Kier alpha value is -2.89. The molecule has 2 N–H and O–H groups in total. The Labute approximate surface area is 178 Å². The van der Waals surface area contributed by atoms with E-state index in [1.54, 1.807) is 7.11 Å².